The lowest BCUT2D eigenvalue weighted by Gasteiger charge is -2.44. The fraction of sp³-hybridized carbons (Fsp3) is 0.423. The molecule has 1 amide bonds. The molecule has 0 unspecified atom stereocenters. The fourth-order valence-electron chi connectivity index (χ4n) is 5.55. The van der Waals surface area contributed by atoms with Crippen LogP contribution in [-0.4, -0.2) is 62.7 Å². The number of rotatable bonds is 4. The highest BCUT2D eigenvalue weighted by atomic mass is 35.5. The quantitative estimate of drug-likeness (QED) is 0.527. The predicted octanol–water partition coefficient (Wildman–Crippen LogP) is 4.65. The summed E-state index contributed by atoms with van der Waals surface area (Å²) in [5.74, 6) is 0.730. The van der Waals surface area contributed by atoms with Gasteiger partial charge < -0.3 is 20.4 Å². The molecule has 1 aromatic heterocycles. The highest BCUT2D eigenvalue weighted by molar-refractivity contribution is 7.21. The van der Waals surface area contributed by atoms with E-state index in [-0.39, 0.29) is 30.7 Å². The number of carbonyl (C=O) groups is 1. The van der Waals surface area contributed by atoms with Crippen molar-refractivity contribution < 1.29 is 4.79 Å². The van der Waals surface area contributed by atoms with Crippen LogP contribution in [0.25, 0.3) is 21.2 Å². The maximum Gasteiger partial charge on any atom is 0.261 e. The van der Waals surface area contributed by atoms with Gasteiger partial charge in [-0.2, -0.15) is 0 Å². The second-order valence-electron chi connectivity index (χ2n) is 9.34. The van der Waals surface area contributed by atoms with Crippen molar-refractivity contribution in [2.75, 3.05) is 50.7 Å². The lowest BCUT2D eigenvalue weighted by molar-refractivity contribution is 0.0622. The molecule has 2 aromatic carbocycles. The molecule has 0 aliphatic carbocycles. The average Bonchev–Trinajstić information content (AvgIpc) is 3.30. The van der Waals surface area contributed by atoms with Crippen molar-refractivity contribution in [3.8, 4) is 11.1 Å². The van der Waals surface area contributed by atoms with Crippen LogP contribution in [-0.2, 0) is 0 Å². The Hall–Kier alpha value is -1.83. The Morgan fingerprint density at radius 2 is 1.71 bits per heavy atom. The molecule has 5 nitrogen and oxygen atoms in total. The van der Waals surface area contributed by atoms with Crippen LogP contribution in [0.2, 0.25) is 0 Å². The van der Waals surface area contributed by atoms with Crippen molar-refractivity contribution in [2.24, 2.45) is 5.92 Å². The van der Waals surface area contributed by atoms with Crippen molar-refractivity contribution in [1.82, 2.24) is 15.5 Å². The van der Waals surface area contributed by atoms with E-state index < -0.39 is 0 Å². The number of nitrogens with one attached hydrogen (secondary N) is 2. The van der Waals surface area contributed by atoms with E-state index in [0.29, 0.717) is 12.0 Å². The number of amides is 1. The first-order valence-electron chi connectivity index (χ1n) is 11.9. The zero-order chi connectivity index (χ0) is 21.5. The number of halogens is 2. The molecule has 0 saturated carbocycles. The molecule has 0 radical (unpaired) electrons. The molecule has 4 aliphatic heterocycles. The summed E-state index contributed by atoms with van der Waals surface area (Å²) in [6.45, 7) is 7.58. The van der Waals surface area contributed by atoms with Crippen LogP contribution in [0, 0.1) is 5.92 Å². The van der Waals surface area contributed by atoms with E-state index in [0.717, 1.165) is 43.0 Å². The number of hydrogen-bond donors (Lipinski definition) is 2. The molecule has 4 fully saturated rings. The number of piperidine rings is 3. The van der Waals surface area contributed by atoms with Gasteiger partial charge in [-0.25, -0.2) is 0 Å². The van der Waals surface area contributed by atoms with Crippen molar-refractivity contribution in [2.45, 2.75) is 18.9 Å². The van der Waals surface area contributed by atoms with Crippen LogP contribution < -0.4 is 15.5 Å². The minimum Gasteiger partial charge on any atom is -0.369 e. The minimum absolute atomic E-state index is 0. The van der Waals surface area contributed by atoms with Crippen LogP contribution in [0.1, 0.15) is 22.5 Å². The lowest BCUT2D eigenvalue weighted by Crippen LogP contribution is -2.57. The third-order valence-electron chi connectivity index (χ3n) is 7.40. The predicted molar refractivity (Wildman–Crippen MR) is 147 cm³/mol. The molecule has 0 spiro atoms. The summed E-state index contributed by atoms with van der Waals surface area (Å²) >= 11 is 1.62. The number of carbonyl (C=O) groups excluding carboxylic acids is 1. The molecule has 34 heavy (non-hydrogen) atoms. The van der Waals surface area contributed by atoms with Gasteiger partial charge in [0, 0.05) is 49.2 Å². The summed E-state index contributed by atoms with van der Waals surface area (Å²) in [4.78, 5) is 18.8. The number of benzene rings is 2. The zero-order valence-corrected chi connectivity index (χ0v) is 21.6. The van der Waals surface area contributed by atoms with Gasteiger partial charge in [-0.1, -0.05) is 30.3 Å². The molecular weight excluding hydrogens is 487 g/mol. The molecule has 5 heterocycles. The normalized spacial score (nSPS) is 23.8. The van der Waals surface area contributed by atoms with Crippen molar-refractivity contribution in [3.05, 3.63) is 53.4 Å². The van der Waals surface area contributed by atoms with Crippen molar-refractivity contribution in [3.63, 3.8) is 0 Å². The van der Waals surface area contributed by atoms with Crippen molar-refractivity contribution >= 4 is 57.8 Å². The first kappa shape index (κ1) is 25.3. The standard InChI is InChI=1S/C26H30N4OS.2ClH/c31-26(28-23-17-29-12-8-19(23)9-13-29)24-16-20-2-1-3-22(25(20)32-24)18-4-6-21(7-5-18)30-14-10-27-11-15-30;;/h1-7,16,19,23,27H,8-15,17H2,(H,28,31);2*1H/t23-;;/m0../s1. The van der Waals surface area contributed by atoms with E-state index in [1.807, 2.05) is 0 Å². The van der Waals surface area contributed by atoms with Gasteiger partial charge in [0.15, 0.2) is 0 Å². The second-order valence-corrected chi connectivity index (χ2v) is 10.4. The van der Waals surface area contributed by atoms with Gasteiger partial charge in [0.25, 0.3) is 5.91 Å². The molecular formula is C26H32Cl2N4OS. The van der Waals surface area contributed by atoms with Gasteiger partial charge in [-0.3, -0.25) is 4.79 Å². The first-order chi connectivity index (χ1) is 15.7. The Labute approximate surface area is 217 Å². The Bertz CT molecular complexity index is 1120. The Balaban J connectivity index is 0.00000137. The highest BCUT2D eigenvalue weighted by Gasteiger charge is 2.35. The van der Waals surface area contributed by atoms with Crippen LogP contribution in [0.4, 0.5) is 5.69 Å². The van der Waals surface area contributed by atoms with E-state index in [1.54, 1.807) is 11.3 Å². The lowest BCUT2D eigenvalue weighted by atomic mass is 9.84. The second kappa shape index (κ2) is 10.8. The monoisotopic (exact) mass is 518 g/mol. The molecule has 2 N–H and O–H groups in total. The van der Waals surface area contributed by atoms with E-state index in [9.17, 15) is 4.79 Å². The number of hydrogen-bond acceptors (Lipinski definition) is 5. The Morgan fingerprint density at radius 1 is 0.971 bits per heavy atom. The third kappa shape index (κ3) is 4.93. The smallest absolute Gasteiger partial charge is 0.261 e. The van der Waals surface area contributed by atoms with Crippen molar-refractivity contribution in [1.29, 1.82) is 0 Å². The first-order valence-corrected chi connectivity index (χ1v) is 12.7. The molecule has 182 valence electrons. The van der Waals surface area contributed by atoms with Crippen LogP contribution >= 0.6 is 36.2 Å². The summed E-state index contributed by atoms with van der Waals surface area (Å²) in [7, 11) is 0. The summed E-state index contributed by atoms with van der Waals surface area (Å²) < 4.78 is 1.20. The molecule has 4 aliphatic rings. The molecule has 1 atom stereocenters. The summed E-state index contributed by atoms with van der Waals surface area (Å²) in [6.07, 6.45) is 2.43. The van der Waals surface area contributed by atoms with Gasteiger partial charge in [0.1, 0.15) is 0 Å². The summed E-state index contributed by atoms with van der Waals surface area (Å²) in [5.41, 5.74) is 3.70. The van der Waals surface area contributed by atoms with Crippen LogP contribution in [0.15, 0.2) is 48.5 Å². The Kier molecular flexibility index (Phi) is 8.05. The van der Waals surface area contributed by atoms with E-state index >= 15 is 0 Å². The number of fused-ring (bicyclic) bond motifs is 4. The van der Waals surface area contributed by atoms with Crippen LogP contribution in [0.3, 0.4) is 0 Å². The van der Waals surface area contributed by atoms with Gasteiger partial charge >= 0.3 is 0 Å². The largest absolute Gasteiger partial charge is 0.369 e. The van der Waals surface area contributed by atoms with Gasteiger partial charge in [-0.05, 0) is 66.6 Å². The maximum absolute atomic E-state index is 13.1. The van der Waals surface area contributed by atoms with Gasteiger partial charge in [0.2, 0.25) is 0 Å². The number of nitrogens with zero attached hydrogens (tertiary/aromatic N) is 2. The van der Waals surface area contributed by atoms with Gasteiger partial charge in [-0.15, -0.1) is 36.2 Å². The molecule has 8 heteroatoms. The van der Waals surface area contributed by atoms with Gasteiger partial charge in [0.05, 0.1) is 4.88 Å². The number of thiophene rings is 1. The van der Waals surface area contributed by atoms with E-state index in [1.165, 1.54) is 47.4 Å². The van der Waals surface area contributed by atoms with E-state index in [2.05, 4.69) is 69.0 Å². The summed E-state index contributed by atoms with van der Waals surface area (Å²) in [6, 6.07) is 17.7. The zero-order valence-electron chi connectivity index (χ0n) is 19.2. The molecule has 3 aromatic rings. The number of piperazine rings is 1. The van der Waals surface area contributed by atoms with Crippen LogP contribution in [0.5, 0.6) is 0 Å². The Morgan fingerprint density at radius 3 is 2.38 bits per heavy atom. The highest BCUT2D eigenvalue weighted by Crippen LogP contribution is 2.36. The summed E-state index contributed by atoms with van der Waals surface area (Å²) in [5, 5.41) is 7.91. The topological polar surface area (TPSA) is 47.6 Å². The van der Waals surface area contributed by atoms with E-state index in [4.69, 9.17) is 0 Å². The SMILES string of the molecule is Cl.Cl.O=C(N[C@H]1CN2CCC1CC2)c1cc2cccc(-c3ccc(N4CCNCC4)cc3)c2s1. The molecule has 2 bridgehead atoms. The fourth-order valence-corrected chi connectivity index (χ4v) is 6.64. The maximum atomic E-state index is 13.1. The minimum atomic E-state index is 0. The number of anilines is 1. The molecule has 7 rings (SSSR count). The average molecular weight is 520 g/mol. The molecule has 4 saturated heterocycles. The third-order valence-corrected chi connectivity index (χ3v) is 8.58.